The van der Waals surface area contributed by atoms with E-state index in [1.165, 1.54) is 0 Å². The number of Topliss-reactive ketones (excluding diaryl/α,β-unsaturated/α-hetero) is 1. The summed E-state index contributed by atoms with van der Waals surface area (Å²) in [5.41, 5.74) is 0.408. The molecule has 6 amide bonds. The number of thiol groups is 1. The molecule has 0 aliphatic heterocycles. The molecular formula is C43H54N6O17S. The number of nitrogens with one attached hydrogen (secondary N) is 6. The van der Waals surface area contributed by atoms with Gasteiger partial charge in [0.2, 0.25) is 35.4 Å². The molecule has 0 unspecified atom stereocenters. The number of amides is 6. The highest BCUT2D eigenvalue weighted by atomic mass is 32.1. The number of hydrogen-bond acceptors (Lipinski definition) is 13. The summed E-state index contributed by atoms with van der Waals surface area (Å²) in [7, 11) is 0. The Kier molecular flexibility index (Phi) is 21.2. The van der Waals surface area contributed by atoms with E-state index in [2.05, 4.69) is 44.5 Å². The number of carboxylic acids is 5. The maximum atomic E-state index is 14.5. The number of ketones is 1. The van der Waals surface area contributed by atoms with Crippen LogP contribution in [0.25, 0.3) is 10.8 Å². The van der Waals surface area contributed by atoms with Gasteiger partial charge in [0.05, 0.1) is 6.42 Å². The van der Waals surface area contributed by atoms with Crippen LogP contribution < -0.4 is 31.9 Å². The minimum atomic E-state index is -2.35. The molecule has 0 heterocycles. The first-order chi connectivity index (χ1) is 31.6. The Labute approximate surface area is 388 Å². The molecule has 0 spiro atoms. The number of rotatable bonds is 27. The number of benzene rings is 2. The lowest BCUT2D eigenvalue weighted by Crippen LogP contribution is -2.60. The molecule has 6 atom stereocenters. The standard InChI is InChI=1S/C43H54N6O17S/c1-21(50)44-31(19-34(53)54)40(60)48-30(18-26(41(61)62)42(63)64)39(59)47-29(17-24-12-7-11-23-10-5-6-13-25(23)24)38(58)45-27(14-15-33(51)52)36(56)46-28(16-22-8-3-2-4-9-22)37(57)49-32(20-67)35(55)43(65)66/h5-7,10-13,22,26-32,67H,2-4,8-9,14-20H2,1H3,(H,44,50)(H,45,58)(H,46,56)(H,47,59)(H,48,60)(H,49,57)(H,51,52)(H,53,54)(H,61,62)(H,63,64)(H,65,66)/t27-,28-,29-,30+,31-,32-/m0/s1. The molecule has 2 aromatic carbocycles. The Bertz CT molecular complexity index is 2180. The maximum absolute atomic E-state index is 14.5. The van der Waals surface area contributed by atoms with E-state index in [0.717, 1.165) is 26.2 Å². The molecule has 0 saturated heterocycles. The van der Waals surface area contributed by atoms with Crippen LogP contribution in [-0.2, 0) is 64.0 Å². The predicted molar refractivity (Wildman–Crippen MR) is 235 cm³/mol. The van der Waals surface area contributed by atoms with Crippen LogP contribution in [0.2, 0.25) is 0 Å². The van der Waals surface area contributed by atoms with E-state index in [1.807, 2.05) is 0 Å². The summed E-state index contributed by atoms with van der Waals surface area (Å²) in [6, 6.07) is 1.22. The highest BCUT2D eigenvalue weighted by molar-refractivity contribution is 7.80. The van der Waals surface area contributed by atoms with Crippen molar-refractivity contribution in [3.63, 3.8) is 0 Å². The molecule has 3 rings (SSSR count). The molecule has 23 nitrogen and oxygen atoms in total. The second-order valence-corrected chi connectivity index (χ2v) is 16.4. The summed E-state index contributed by atoms with van der Waals surface area (Å²) in [5, 5.41) is 62.5. The molecule has 11 N–H and O–H groups in total. The van der Waals surface area contributed by atoms with Crippen molar-refractivity contribution in [2.75, 3.05) is 5.75 Å². The monoisotopic (exact) mass is 958 g/mol. The van der Waals surface area contributed by atoms with Gasteiger partial charge in [-0.2, -0.15) is 12.6 Å². The molecule has 0 bridgehead atoms. The SMILES string of the molecule is CC(=O)N[C@@H](CC(=O)O)C(=O)N[C@H](CC(C(=O)O)C(=O)O)C(=O)N[C@@H](Cc1cccc2ccccc12)C(=O)N[C@@H](CCC(=O)O)C(=O)N[C@@H](CC1CCCCC1)C(=O)N[C@@H](CS)C(=O)C(=O)O. The molecule has 0 radical (unpaired) electrons. The first-order valence-electron chi connectivity index (χ1n) is 21.1. The number of aliphatic carboxylic acids is 5. The average molecular weight is 959 g/mol. The third-order valence-electron chi connectivity index (χ3n) is 10.9. The minimum absolute atomic E-state index is 0.00747. The van der Waals surface area contributed by atoms with Crippen LogP contribution in [0, 0.1) is 11.8 Å². The number of carboxylic acid groups (broad SMARTS) is 5. The number of carbonyl (C=O) groups excluding carboxylic acids is 7. The van der Waals surface area contributed by atoms with Gasteiger partial charge in [-0.15, -0.1) is 0 Å². The van der Waals surface area contributed by atoms with Crippen LogP contribution in [0.15, 0.2) is 42.5 Å². The molecule has 1 saturated carbocycles. The van der Waals surface area contributed by atoms with Gasteiger partial charge in [-0.05, 0) is 35.1 Å². The summed E-state index contributed by atoms with van der Waals surface area (Å²) in [5.74, 6) is -19.8. The van der Waals surface area contributed by atoms with Crippen molar-refractivity contribution in [1.29, 1.82) is 0 Å². The van der Waals surface area contributed by atoms with E-state index < -0.39 is 151 Å². The maximum Gasteiger partial charge on any atom is 0.374 e. The summed E-state index contributed by atoms with van der Waals surface area (Å²) >= 11 is 3.97. The Morgan fingerprint density at radius 3 is 1.70 bits per heavy atom. The Morgan fingerprint density at radius 2 is 1.12 bits per heavy atom. The first-order valence-corrected chi connectivity index (χ1v) is 21.8. The summed E-state index contributed by atoms with van der Waals surface area (Å²) in [4.78, 5) is 153. The van der Waals surface area contributed by atoms with Gasteiger partial charge >= 0.3 is 29.8 Å². The van der Waals surface area contributed by atoms with Crippen molar-refractivity contribution >= 4 is 94.5 Å². The Balaban J connectivity index is 2.08. The van der Waals surface area contributed by atoms with Crippen molar-refractivity contribution < 1.29 is 83.1 Å². The molecule has 1 fully saturated rings. The third kappa shape index (κ3) is 17.3. The molecular weight excluding hydrogens is 905 g/mol. The normalized spacial score (nSPS) is 15.3. The van der Waals surface area contributed by atoms with Gasteiger partial charge in [0.1, 0.15) is 36.3 Å². The van der Waals surface area contributed by atoms with Crippen LogP contribution >= 0.6 is 12.6 Å². The van der Waals surface area contributed by atoms with E-state index in [9.17, 15) is 83.1 Å². The van der Waals surface area contributed by atoms with E-state index in [1.54, 1.807) is 42.5 Å². The van der Waals surface area contributed by atoms with Crippen LogP contribution in [0.5, 0.6) is 0 Å². The second-order valence-electron chi connectivity index (χ2n) is 16.0. The van der Waals surface area contributed by atoms with Crippen LogP contribution in [0.1, 0.15) is 76.7 Å². The topological polar surface area (TPSA) is 378 Å². The van der Waals surface area contributed by atoms with Crippen molar-refractivity contribution in [3.05, 3.63) is 48.0 Å². The zero-order valence-electron chi connectivity index (χ0n) is 36.2. The predicted octanol–water partition coefficient (Wildman–Crippen LogP) is -0.620. The van der Waals surface area contributed by atoms with Gasteiger partial charge in [-0.1, -0.05) is 74.6 Å². The molecule has 0 aromatic heterocycles. The van der Waals surface area contributed by atoms with E-state index in [0.29, 0.717) is 29.2 Å². The van der Waals surface area contributed by atoms with Gasteiger partial charge in [-0.25, -0.2) is 4.79 Å². The van der Waals surface area contributed by atoms with Gasteiger partial charge < -0.3 is 57.4 Å². The zero-order chi connectivity index (χ0) is 50.0. The largest absolute Gasteiger partial charge is 0.481 e. The molecule has 2 aromatic rings. The lowest BCUT2D eigenvalue weighted by Gasteiger charge is -2.30. The molecule has 67 heavy (non-hydrogen) atoms. The van der Waals surface area contributed by atoms with Crippen LogP contribution in [-0.4, -0.2) is 139 Å². The summed E-state index contributed by atoms with van der Waals surface area (Å²) < 4.78 is 0. The Morgan fingerprint density at radius 1 is 0.597 bits per heavy atom. The summed E-state index contributed by atoms with van der Waals surface area (Å²) in [6.45, 7) is 0.951. The lowest BCUT2D eigenvalue weighted by atomic mass is 9.84. The van der Waals surface area contributed by atoms with Crippen molar-refractivity contribution in [1.82, 2.24) is 31.9 Å². The molecule has 24 heteroatoms. The minimum Gasteiger partial charge on any atom is -0.481 e. The fraction of sp³-hybridized carbons (Fsp3) is 0.488. The smallest absolute Gasteiger partial charge is 0.374 e. The van der Waals surface area contributed by atoms with Gasteiger partial charge in [0.15, 0.2) is 5.92 Å². The fourth-order valence-corrected chi connectivity index (χ4v) is 7.79. The van der Waals surface area contributed by atoms with Crippen molar-refractivity contribution in [2.24, 2.45) is 11.8 Å². The Hall–Kier alpha value is -7.11. The van der Waals surface area contributed by atoms with Crippen LogP contribution in [0.3, 0.4) is 0 Å². The lowest BCUT2D eigenvalue weighted by molar-refractivity contribution is -0.155. The number of fused-ring (bicyclic) bond motifs is 1. The third-order valence-corrected chi connectivity index (χ3v) is 11.3. The van der Waals surface area contributed by atoms with Crippen molar-refractivity contribution in [3.8, 4) is 0 Å². The quantitative estimate of drug-likeness (QED) is 0.0302. The first kappa shape index (κ1) is 54.2. The summed E-state index contributed by atoms with van der Waals surface area (Å²) in [6.07, 6.45) is -0.0477. The van der Waals surface area contributed by atoms with E-state index >= 15 is 0 Å². The fourth-order valence-electron chi connectivity index (χ4n) is 7.53. The van der Waals surface area contributed by atoms with E-state index in [-0.39, 0.29) is 12.3 Å². The average Bonchev–Trinajstić information content (AvgIpc) is 3.26. The molecule has 364 valence electrons. The zero-order valence-corrected chi connectivity index (χ0v) is 37.1. The van der Waals surface area contributed by atoms with Crippen molar-refractivity contribution in [2.45, 2.75) is 114 Å². The highest BCUT2D eigenvalue weighted by Crippen LogP contribution is 2.28. The van der Waals surface area contributed by atoms with Gasteiger partial charge in [-0.3, -0.25) is 52.7 Å². The number of carbonyl (C=O) groups is 12. The van der Waals surface area contributed by atoms with Crippen LogP contribution in [0.4, 0.5) is 0 Å². The molecule has 1 aliphatic carbocycles. The van der Waals surface area contributed by atoms with E-state index in [4.69, 9.17) is 0 Å². The second kappa shape index (κ2) is 26.1. The number of hydrogen-bond donors (Lipinski definition) is 12. The van der Waals surface area contributed by atoms with Gasteiger partial charge in [0, 0.05) is 31.9 Å². The van der Waals surface area contributed by atoms with Gasteiger partial charge in [0.25, 0.3) is 5.78 Å². The highest BCUT2D eigenvalue weighted by Gasteiger charge is 2.38. The molecule has 1 aliphatic rings.